The summed E-state index contributed by atoms with van der Waals surface area (Å²) in [4.78, 5) is 13.1. The minimum atomic E-state index is -0.422. The van der Waals surface area contributed by atoms with Gasteiger partial charge in [0.15, 0.2) is 0 Å². The Balaban J connectivity index is 1.97. The van der Waals surface area contributed by atoms with Gasteiger partial charge in [0.1, 0.15) is 5.82 Å². The van der Waals surface area contributed by atoms with Gasteiger partial charge in [-0.2, -0.15) is 0 Å². The molecule has 1 amide bonds. The number of carbonyl (C=O) groups excluding carboxylic acids is 1. The molecule has 1 aromatic heterocycles. The van der Waals surface area contributed by atoms with Gasteiger partial charge in [-0.05, 0) is 26.7 Å². The molecule has 0 radical (unpaired) electrons. The molecule has 142 valence electrons. The summed E-state index contributed by atoms with van der Waals surface area (Å²) in [7, 11) is 3.93. The van der Waals surface area contributed by atoms with Crippen LogP contribution in [0.5, 0.6) is 0 Å². The lowest BCUT2D eigenvalue weighted by molar-refractivity contribution is -0.119. The van der Waals surface area contributed by atoms with E-state index in [1.54, 1.807) is 0 Å². The molecule has 0 aromatic carbocycles. The number of amides is 1. The highest BCUT2D eigenvalue weighted by molar-refractivity contribution is 5.72. The van der Waals surface area contributed by atoms with Crippen molar-refractivity contribution >= 4 is 11.9 Å². The zero-order chi connectivity index (χ0) is 18.6. The lowest BCUT2D eigenvalue weighted by Crippen LogP contribution is -2.30. The fourth-order valence-electron chi connectivity index (χ4n) is 3.35. The van der Waals surface area contributed by atoms with Crippen LogP contribution in [0.2, 0.25) is 0 Å². The molecule has 1 aliphatic carbocycles. The number of ether oxygens (including phenoxy) is 1. The minimum absolute atomic E-state index is 0.0613. The molecule has 0 spiro atoms. The number of hydrogen-bond acceptors (Lipinski definition) is 6. The first-order chi connectivity index (χ1) is 11.8. The smallest absolute Gasteiger partial charge is 0.226 e. The molecule has 1 heterocycles. The van der Waals surface area contributed by atoms with E-state index in [1.165, 1.54) is 6.92 Å². The van der Waals surface area contributed by atoms with Crippen molar-refractivity contribution in [2.24, 2.45) is 13.0 Å². The Morgan fingerprint density at radius 2 is 2.16 bits per heavy atom. The van der Waals surface area contributed by atoms with Gasteiger partial charge in [-0.15, -0.1) is 10.2 Å². The van der Waals surface area contributed by atoms with Crippen LogP contribution in [0, 0.1) is 5.92 Å². The molecule has 0 aliphatic heterocycles. The van der Waals surface area contributed by atoms with E-state index < -0.39 is 6.10 Å². The molecule has 1 saturated carbocycles. The number of nitrogens with one attached hydrogen (secondary N) is 1. The predicted molar refractivity (Wildman–Crippen MR) is 95.5 cm³/mol. The van der Waals surface area contributed by atoms with Crippen molar-refractivity contribution in [2.75, 3.05) is 31.6 Å². The summed E-state index contributed by atoms with van der Waals surface area (Å²) in [6.45, 7) is 7.41. The summed E-state index contributed by atoms with van der Waals surface area (Å²) >= 11 is 0. The van der Waals surface area contributed by atoms with Crippen LogP contribution in [0.25, 0.3) is 0 Å². The van der Waals surface area contributed by atoms with E-state index in [-0.39, 0.29) is 23.8 Å². The fraction of sp³-hybridized carbons (Fsp3) is 0.824. The van der Waals surface area contributed by atoms with Crippen molar-refractivity contribution in [1.82, 2.24) is 20.1 Å². The summed E-state index contributed by atoms with van der Waals surface area (Å²) in [5, 5.41) is 21.7. The average Bonchev–Trinajstić information content (AvgIpc) is 3.07. The molecule has 0 saturated heterocycles. The van der Waals surface area contributed by atoms with Crippen molar-refractivity contribution in [3.8, 4) is 0 Å². The standard InChI is InChI=1S/C17H31N5O3/c1-11(2)25-7-6-21(4)17-20-19-16(22(17)5)13-8-14(15(24)9-13)10-18-12(3)23/h11,13-15,24H,6-10H2,1-5H3,(H,18,23)/t13-,14+,15+/m0/s1. The second-order valence-electron chi connectivity index (χ2n) is 7.19. The number of carbonyl (C=O) groups is 1. The summed E-state index contributed by atoms with van der Waals surface area (Å²) < 4.78 is 7.58. The number of likely N-dealkylation sites (N-methyl/N-ethyl adjacent to an activating group) is 1. The number of aromatic nitrogens is 3. The quantitative estimate of drug-likeness (QED) is 0.713. The highest BCUT2D eigenvalue weighted by atomic mass is 16.5. The Labute approximate surface area is 149 Å². The maximum Gasteiger partial charge on any atom is 0.226 e. The van der Waals surface area contributed by atoms with Crippen LogP contribution in [-0.2, 0) is 16.6 Å². The molecule has 1 aliphatic rings. The molecule has 2 rings (SSSR count). The number of hydrogen-bond donors (Lipinski definition) is 2. The van der Waals surface area contributed by atoms with Gasteiger partial charge in [-0.3, -0.25) is 4.79 Å². The molecule has 3 atom stereocenters. The lowest BCUT2D eigenvalue weighted by Gasteiger charge is -2.19. The molecule has 2 N–H and O–H groups in total. The zero-order valence-electron chi connectivity index (χ0n) is 15.9. The maximum atomic E-state index is 11.1. The monoisotopic (exact) mass is 353 g/mol. The molecule has 25 heavy (non-hydrogen) atoms. The van der Waals surface area contributed by atoms with Gasteiger partial charge < -0.3 is 24.6 Å². The third kappa shape index (κ3) is 5.15. The van der Waals surface area contributed by atoms with Crippen LogP contribution < -0.4 is 10.2 Å². The zero-order valence-corrected chi connectivity index (χ0v) is 15.9. The van der Waals surface area contributed by atoms with Crippen LogP contribution in [0.4, 0.5) is 5.95 Å². The van der Waals surface area contributed by atoms with E-state index in [1.807, 2.05) is 37.4 Å². The third-order valence-corrected chi connectivity index (χ3v) is 4.74. The molecule has 1 fully saturated rings. The van der Waals surface area contributed by atoms with Crippen LogP contribution in [0.1, 0.15) is 45.4 Å². The first kappa shape index (κ1) is 19.7. The number of rotatable bonds is 8. The Hall–Kier alpha value is -1.67. The summed E-state index contributed by atoms with van der Waals surface area (Å²) in [5.74, 6) is 1.83. The second kappa shape index (κ2) is 8.62. The lowest BCUT2D eigenvalue weighted by atomic mass is 10.0. The van der Waals surface area contributed by atoms with E-state index in [2.05, 4.69) is 15.5 Å². The topological polar surface area (TPSA) is 92.5 Å². The van der Waals surface area contributed by atoms with Gasteiger partial charge in [0.25, 0.3) is 0 Å². The van der Waals surface area contributed by atoms with E-state index in [9.17, 15) is 9.90 Å². The van der Waals surface area contributed by atoms with Gasteiger partial charge in [0.05, 0.1) is 18.8 Å². The number of anilines is 1. The first-order valence-electron chi connectivity index (χ1n) is 8.94. The van der Waals surface area contributed by atoms with Crippen molar-refractivity contribution in [3.05, 3.63) is 5.82 Å². The highest BCUT2D eigenvalue weighted by Gasteiger charge is 2.36. The van der Waals surface area contributed by atoms with Gasteiger partial charge in [0.2, 0.25) is 11.9 Å². The van der Waals surface area contributed by atoms with Crippen molar-refractivity contribution in [3.63, 3.8) is 0 Å². The maximum absolute atomic E-state index is 11.1. The van der Waals surface area contributed by atoms with Gasteiger partial charge in [-0.1, -0.05) is 0 Å². The highest BCUT2D eigenvalue weighted by Crippen LogP contribution is 2.38. The first-order valence-corrected chi connectivity index (χ1v) is 8.94. The fourth-order valence-corrected chi connectivity index (χ4v) is 3.35. The summed E-state index contributed by atoms with van der Waals surface area (Å²) in [6, 6.07) is 0. The van der Waals surface area contributed by atoms with Crippen LogP contribution in [-0.4, -0.2) is 64.7 Å². The Morgan fingerprint density at radius 3 is 2.80 bits per heavy atom. The number of nitrogens with zero attached hydrogens (tertiary/aromatic N) is 4. The van der Waals surface area contributed by atoms with Crippen molar-refractivity contribution < 1.29 is 14.6 Å². The number of aliphatic hydroxyl groups excluding tert-OH is 1. The third-order valence-electron chi connectivity index (χ3n) is 4.74. The SMILES string of the molecule is CC(=O)NC[C@H]1C[C@H](c2nnc(N(C)CCOC(C)C)n2C)C[C@H]1O. The predicted octanol–water partition coefficient (Wildman–Crippen LogP) is 0.667. The largest absolute Gasteiger partial charge is 0.393 e. The van der Waals surface area contributed by atoms with E-state index in [0.29, 0.717) is 19.6 Å². The molecular weight excluding hydrogens is 322 g/mol. The van der Waals surface area contributed by atoms with Gasteiger partial charge in [-0.25, -0.2) is 0 Å². The van der Waals surface area contributed by atoms with Crippen LogP contribution in [0.3, 0.4) is 0 Å². The molecule has 1 aromatic rings. The van der Waals surface area contributed by atoms with Crippen molar-refractivity contribution in [2.45, 2.75) is 51.7 Å². The van der Waals surface area contributed by atoms with Gasteiger partial charge >= 0.3 is 0 Å². The Bertz CT molecular complexity index is 575. The molecule has 8 nitrogen and oxygen atoms in total. The second-order valence-corrected chi connectivity index (χ2v) is 7.19. The minimum Gasteiger partial charge on any atom is -0.393 e. The Kier molecular flexibility index (Phi) is 6.78. The van der Waals surface area contributed by atoms with Crippen LogP contribution in [0.15, 0.2) is 0 Å². The van der Waals surface area contributed by atoms with E-state index >= 15 is 0 Å². The summed E-state index contributed by atoms with van der Waals surface area (Å²) in [6.07, 6.45) is 1.24. The summed E-state index contributed by atoms with van der Waals surface area (Å²) in [5.41, 5.74) is 0. The van der Waals surface area contributed by atoms with Gasteiger partial charge in [0, 0.05) is 45.9 Å². The normalized spacial score (nSPS) is 23.2. The molecule has 0 bridgehead atoms. The van der Waals surface area contributed by atoms with E-state index in [0.717, 1.165) is 24.7 Å². The molecular formula is C17H31N5O3. The van der Waals surface area contributed by atoms with Crippen molar-refractivity contribution in [1.29, 1.82) is 0 Å². The molecule has 8 heteroatoms. The van der Waals surface area contributed by atoms with E-state index in [4.69, 9.17) is 4.74 Å². The number of aliphatic hydroxyl groups is 1. The Morgan fingerprint density at radius 1 is 1.44 bits per heavy atom. The average molecular weight is 353 g/mol. The molecule has 0 unspecified atom stereocenters. The van der Waals surface area contributed by atoms with Crippen LogP contribution >= 0.6 is 0 Å².